The lowest BCUT2D eigenvalue weighted by Gasteiger charge is -2.07. The normalized spacial score (nSPS) is 12.2. The summed E-state index contributed by atoms with van der Waals surface area (Å²) in [6.45, 7) is -0.0653. The fourth-order valence-corrected chi connectivity index (χ4v) is 3.06. The van der Waals surface area contributed by atoms with Crippen molar-refractivity contribution < 1.29 is 13.2 Å². The molecule has 0 bridgehead atoms. The molecule has 1 N–H and O–H groups in total. The average Bonchev–Trinajstić information content (AvgIpc) is 2.69. The first-order chi connectivity index (χ1) is 8.38. The maximum atomic E-state index is 12.0. The number of rotatable bonds is 3. The topological polar surface area (TPSA) is 37.8 Å². The first-order valence-electron chi connectivity index (χ1n) is 4.79. The summed E-state index contributed by atoms with van der Waals surface area (Å²) in [5.74, 6) is -0.240. The van der Waals surface area contributed by atoms with Gasteiger partial charge in [-0.1, -0.05) is 0 Å². The number of thiophene rings is 1. The number of aromatic nitrogens is 2. The van der Waals surface area contributed by atoms with Crippen molar-refractivity contribution in [3.05, 3.63) is 26.6 Å². The van der Waals surface area contributed by atoms with Crippen LogP contribution in [0.25, 0.3) is 10.2 Å². The van der Waals surface area contributed by atoms with E-state index in [9.17, 15) is 18.0 Å². The zero-order chi connectivity index (χ0) is 13.3. The third-order valence-corrected chi connectivity index (χ3v) is 4.05. The van der Waals surface area contributed by atoms with Crippen molar-refractivity contribution in [1.82, 2.24) is 9.55 Å². The smallest absolute Gasteiger partial charge is 0.323 e. The van der Waals surface area contributed by atoms with E-state index < -0.39 is 5.51 Å². The Balaban J connectivity index is 2.28. The monoisotopic (exact) mass is 312 g/mol. The summed E-state index contributed by atoms with van der Waals surface area (Å²) in [6, 6.07) is 1.63. The van der Waals surface area contributed by atoms with Crippen LogP contribution in [0, 0.1) is 4.77 Å². The third kappa shape index (κ3) is 2.96. The molecule has 0 unspecified atom stereocenters. The molecule has 0 amide bonds. The molecule has 0 fully saturated rings. The van der Waals surface area contributed by atoms with Gasteiger partial charge in [0.1, 0.15) is 4.83 Å². The molecule has 0 saturated heterocycles. The molecular weight excluding hydrogens is 305 g/mol. The Hall–Kier alpha value is -0.800. The number of nitrogens with zero attached hydrogens (tertiary/aromatic N) is 1. The van der Waals surface area contributed by atoms with Gasteiger partial charge in [0.2, 0.25) is 0 Å². The van der Waals surface area contributed by atoms with Gasteiger partial charge in [0.15, 0.2) is 4.77 Å². The van der Waals surface area contributed by atoms with Crippen LogP contribution in [0.15, 0.2) is 16.2 Å². The standard InChI is InChI=1S/C9H7F3N2OS3/c10-9(11,12)18-4-2-14-7(15)5-1-3-17-6(5)13-8(14)16/h1,3H,2,4H2,(H,13,16). The molecule has 0 aliphatic rings. The minimum atomic E-state index is -4.29. The first-order valence-corrected chi connectivity index (χ1v) is 7.07. The third-order valence-electron chi connectivity index (χ3n) is 2.19. The first kappa shape index (κ1) is 13.6. The van der Waals surface area contributed by atoms with Crippen LogP contribution < -0.4 is 5.56 Å². The second kappa shape index (κ2) is 5.06. The Kier molecular flexibility index (Phi) is 3.83. The number of alkyl halides is 3. The largest absolute Gasteiger partial charge is 0.441 e. The molecule has 0 spiro atoms. The highest BCUT2D eigenvalue weighted by Gasteiger charge is 2.27. The number of hydrogen-bond donors (Lipinski definition) is 1. The Morgan fingerprint density at radius 3 is 2.89 bits per heavy atom. The maximum absolute atomic E-state index is 12.0. The maximum Gasteiger partial charge on any atom is 0.441 e. The fraction of sp³-hybridized carbons (Fsp3) is 0.333. The summed E-state index contributed by atoms with van der Waals surface area (Å²) in [5, 5.41) is 2.18. The number of hydrogen-bond acceptors (Lipinski definition) is 4. The minimum absolute atomic E-state index is 0.0653. The van der Waals surface area contributed by atoms with E-state index in [4.69, 9.17) is 12.2 Å². The van der Waals surface area contributed by atoms with E-state index in [0.717, 1.165) is 4.57 Å². The Labute approximate surface area is 113 Å². The highest BCUT2D eigenvalue weighted by Crippen LogP contribution is 2.29. The summed E-state index contributed by atoms with van der Waals surface area (Å²) in [7, 11) is 0. The number of aromatic amines is 1. The predicted molar refractivity (Wildman–Crippen MR) is 69.8 cm³/mol. The summed E-state index contributed by atoms with van der Waals surface area (Å²) >= 11 is 6.13. The zero-order valence-corrected chi connectivity index (χ0v) is 11.2. The molecule has 2 rings (SSSR count). The predicted octanol–water partition coefficient (Wildman–Crippen LogP) is 3.37. The van der Waals surface area contributed by atoms with Crippen LogP contribution in [0.2, 0.25) is 0 Å². The van der Waals surface area contributed by atoms with Gasteiger partial charge in [0.25, 0.3) is 5.56 Å². The number of halogens is 3. The van der Waals surface area contributed by atoms with Crippen LogP contribution in [0.3, 0.4) is 0 Å². The molecule has 2 aromatic rings. The second-order valence-electron chi connectivity index (χ2n) is 3.34. The van der Waals surface area contributed by atoms with Crippen molar-refractivity contribution in [2.75, 3.05) is 5.75 Å². The molecule has 3 nitrogen and oxygen atoms in total. The van der Waals surface area contributed by atoms with Gasteiger partial charge in [0, 0.05) is 12.3 Å². The van der Waals surface area contributed by atoms with Gasteiger partial charge < -0.3 is 4.98 Å². The number of thioether (sulfide) groups is 1. The van der Waals surface area contributed by atoms with Crippen LogP contribution in [0.5, 0.6) is 0 Å². The summed E-state index contributed by atoms with van der Waals surface area (Å²) in [6.07, 6.45) is 0. The molecule has 0 aromatic carbocycles. The quantitative estimate of drug-likeness (QED) is 0.883. The van der Waals surface area contributed by atoms with E-state index in [1.807, 2.05) is 0 Å². The molecule has 0 radical (unpaired) electrons. The van der Waals surface area contributed by atoms with Gasteiger partial charge >= 0.3 is 5.51 Å². The molecule has 2 heterocycles. The van der Waals surface area contributed by atoms with Gasteiger partial charge in [-0.25, -0.2) is 0 Å². The van der Waals surface area contributed by atoms with Gasteiger partial charge in [-0.05, 0) is 35.4 Å². The molecule has 2 aromatic heterocycles. The Morgan fingerprint density at radius 2 is 2.22 bits per heavy atom. The van der Waals surface area contributed by atoms with Gasteiger partial charge in [0.05, 0.1) is 5.39 Å². The second-order valence-corrected chi connectivity index (χ2v) is 5.81. The summed E-state index contributed by atoms with van der Waals surface area (Å²) < 4.78 is 37.3. The molecular formula is C9H7F3N2OS3. The highest BCUT2D eigenvalue weighted by atomic mass is 32.2. The van der Waals surface area contributed by atoms with E-state index in [1.165, 1.54) is 11.3 Å². The van der Waals surface area contributed by atoms with Gasteiger partial charge in [-0.3, -0.25) is 9.36 Å². The van der Waals surface area contributed by atoms with E-state index in [1.54, 1.807) is 11.4 Å². The lowest BCUT2D eigenvalue weighted by molar-refractivity contribution is -0.0328. The van der Waals surface area contributed by atoms with Crippen molar-refractivity contribution in [3.63, 3.8) is 0 Å². The SMILES string of the molecule is O=c1c2ccsc2[nH]c(=S)n1CCSC(F)(F)F. The van der Waals surface area contributed by atoms with Crippen LogP contribution in [-0.4, -0.2) is 20.8 Å². The van der Waals surface area contributed by atoms with E-state index in [2.05, 4.69) is 4.98 Å². The fourth-order valence-electron chi connectivity index (χ4n) is 1.43. The number of H-pyrrole nitrogens is 1. The molecule has 18 heavy (non-hydrogen) atoms. The van der Waals surface area contributed by atoms with Crippen molar-refractivity contribution in [2.45, 2.75) is 12.1 Å². The van der Waals surface area contributed by atoms with Crippen molar-refractivity contribution in [3.8, 4) is 0 Å². The molecule has 0 aliphatic carbocycles. The van der Waals surface area contributed by atoms with Gasteiger partial charge in [-0.2, -0.15) is 13.2 Å². The average molecular weight is 312 g/mol. The summed E-state index contributed by atoms with van der Waals surface area (Å²) in [5.41, 5.74) is -4.64. The Morgan fingerprint density at radius 1 is 1.50 bits per heavy atom. The van der Waals surface area contributed by atoms with E-state index in [0.29, 0.717) is 10.2 Å². The van der Waals surface area contributed by atoms with Crippen molar-refractivity contribution >= 4 is 45.5 Å². The van der Waals surface area contributed by atoms with Crippen LogP contribution in [0.4, 0.5) is 13.2 Å². The zero-order valence-electron chi connectivity index (χ0n) is 8.78. The number of fused-ring (bicyclic) bond motifs is 1. The van der Waals surface area contributed by atoms with Crippen LogP contribution in [-0.2, 0) is 6.54 Å². The lowest BCUT2D eigenvalue weighted by Crippen LogP contribution is -2.23. The van der Waals surface area contributed by atoms with E-state index >= 15 is 0 Å². The Bertz CT molecular complexity index is 670. The minimum Gasteiger partial charge on any atom is -0.323 e. The molecule has 0 saturated carbocycles. The molecule has 9 heteroatoms. The van der Waals surface area contributed by atoms with E-state index in [-0.39, 0.29) is 34.4 Å². The lowest BCUT2D eigenvalue weighted by atomic mass is 10.4. The highest BCUT2D eigenvalue weighted by molar-refractivity contribution is 8.00. The van der Waals surface area contributed by atoms with Gasteiger partial charge in [-0.15, -0.1) is 11.3 Å². The molecule has 0 aliphatic heterocycles. The molecule has 0 atom stereocenters. The van der Waals surface area contributed by atoms with Crippen molar-refractivity contribution in [1.29, 1.82) is 0 Å². The number of nitrogens with one attached hydrogen (secondary N) is 1. The van der Waals surface area contributed by atoms with Crippen LogP contribution >= 0.6 is 35.3 Å². The molecule has 98 valence electrons. The van der Waals surface area contributed by atoms with Crippen molar-refractivity contribution in [2.24, 2.45) is 0 Å². The van der Waals surface area contributed by atoms with Crippen LogP contribution in [0.1, 0.15) is 0 Å². The summed E-state index contributed by atoms with van der Waals surface area (Å²) in [4.78, 5) is 15.4.